The SMILES string of the molecule is CN(CC(O)COc1ccc(C#N)cc1)C1CC1. The monoisotopic (exact) mass is 246 g/mol. The van der Waals surface area contributed by atoms with Crippen molar-refractivity contribution in [3.63, 3.8) is 0 Å². The molecule has 0 heterocycles. The van der Waals surface area contributed by atoms with Crippen molar-refractivity contribution in [1.29, 1.82) is 5.26 Å². The predicted octanol–water partition coefficient (Wildman–Crippen LogP) is 1.39. The van der Waals surface area contributed by atoms with Crippen LogP contribution in [0.25, 0.3) is 0 Å². The number of ether oxygens (including phenoxy) is 1. The van der Waals surface area contributed by atoms with E-state index in [0.717, 1.165) is 0 Å². The number of benzene rings is 1. The fourth-order valence-corrected chi connectivity index (χ4v) is 1.87. The summed E-state index contributed by atoms with van der Waals surface area (Å²) in [6.45, 7) is 0.921. The fraction of sp³-hybridized carbons (Fsp3) is 0.500. The van der Waals surface area contributed by atoms with Gasteiger partial charge in [0.05, 0.1) is 11.6 Å². The summed E-state index contributed by atoms with van der Waals surface area (Å²) in [7, 11) is 2.03. The van der Waals surface area contributed by atoms with Crippen LogP contribution in [0.1, 0.15) is 18.4 Å². The summed E-state index contributed by atoms with van der Waals surface area (Å²) in [5.41, 5.74) is 0.608. The average molecular weight is 246 g/mol. The highest BCUT2D eigenvalue weighted by Crippen LogP contribution is 2.25. The van der Waals surface area contributed by atoms with E-state index in [1.807, 2.05) is 7.05 Å². The summed E-state index contributed by atoms with van der Waals surface area (Å²) in [4.78, 5) is 2.17. The lowest BCUT2D eigenvalue weighted by atomic mass is 10.2. The number of nitriles is 1. The van der Waals surface area contributed by atoms with Crippen molar-refractivity contribution in [3.8, 4) is 11.8 Å². The van der Waals surface area contributed by atoms with E-state index >= 15 is 0 Å². The summed E-state index contributed by atoms with van der Waals surface area (Å²) in [6, 6.07) is 9.61. The van der Waals surface area contributed by atoms with Crippen LogP contribution < -0.4 is 4.74 Å². The smallest absolute Gasteiger partial charge is 0.119 e. The van der Waals surface area contributed by atoms with E-state index in [-0.39, 0.29) is 6.61 Å². The highest BCUT2D eigenvalue weighted by Gasteiger charge is 2.27. The number of aliphatic hydroxyl groups excluding tert-OH is 1. The van der Waals surface area contributed by atoms with E-state index < -0.39 is 6.10 Å². The third-order valence-corrected chi connectivity index (χ3v) is 3.09. The number of aliphatic hydroxyl groups is 1. The third kappa shape index (κ3) is 3.73. The summed E-state index contributed by atoms with van der Waals surface area (Å²) in [5.74, 6) is 0.683. The van der Waals surface area contributed by atoms with Crippen LogP contribution in [0.4, 0.5) is 0 Å². The molecule has 96 valence electrons. The average Bonchev–Trinajstić information content (AvgIpc) is 3.21. The highest BCUT2D eigenvalue weighted by atomic mass is 16.5. The summed E-state index contributed by atoms with van der Waals surface area (Å²) in [5, 5.41) is 18.5. The van der Waals surface area contributed by atoms with Crippen LogP contribution in [0.2, 0.25) is 0 Å². The number of likely N-dealkylation sites (N-methyl/N-ethyl adjacent to an activating group) is 1. The van der Waals surface area contributed by atoms with Crippen LogP contribution in [-0.2, 0) is 0 Å². The first-order chi connectivity index (χ1) is 8.69. The Hall–Kier alpha value is -1.57. The van der Waals surface area contributed by atoms with Crippen LogP contribution in [0, 0.1) is 11.3 Å². The Kier molecular flexibility index (Phi) is 4.19. The standard InChI is InChI=1S/C14H18N2O2/c1-16(12-4-5-12)9-13(17)10-18-14-6-2-11(8-15)3-7-14/h2-3,6-7,12-13,17H,4-5,9-10H2,1H3. The normalized spacial score (nSPS) is 16.3. The number of hydrogen-bond acceptors (Lipinski definition) is 4. The first kappa shape index (κ1) is 12.9. The second-order valence-corrected chi connectivity index (χ2v) is 4.77. The van der Waals surface area contributed by atoms with Crippen molar-refractivity contribution in [2.24, 2.45) is 0 Å². The Morgan fingerprint density at radius 3 is 2.67 bits per heavy atom. The Balaban J connectivity index is 1.74. The molecule has 1 aliphatic rings. The molecular formula is C14H18N2O2. The second kappa shape index (κ2) is 5.85. The van der Waals surface area contributed by atoms with Crippen molar-refractivity contribution >= 4 is 0 Å². The lowest BCUT2D eigenvalue weighted by Crippen LogP contribution is -2.34. The molecule has 0 amide bonds. The van der Waals surface area contributed by atoms with Crippen LogP contribution in [0.5, 0.6) is 5.75 Å². The topological polar surface area (TPSA) is 56.5 Å². The van der Waals surface area contributed by atoms with E-state index in [2.05, 4.69) is 11.0 Å². The van der Waals surface area contributed by atoms with Crippen LogP contribution in [-0.4, -0.2) is 42.4 Å². The maximum absolute atomic E-state index is 9.84. The van der Waals surface area contributed by atoms with E-state index in [0.29, 0.717) is 23.9 Å². The van der Waals surface area contributed by atoms with Crippen molar-refractivity contribution in [1.82, 2.24) is 4.90 Å². The van der Waals surface area contributed by atoms with Crippen molar-refractivity contribution in [2.45, 2.75) is 25.0 Å². The largest absolute Gasteiger partial charge is 0.491 e. The molecule has 1 unspecified atom stereocenters. The van der Waals surface area contributed by atoms with Gasteiger partial charge in [0.15, 0.2) is 0 Å². The van der Waals surface area contributed by atoms with Gasteiger partial charge in [-0.15, -0.1) is 0 Å². The molecule has 18 heavy (non-hydrogen) atoms. The molecule has 0 aromatic heterocycles. The molecule has 4 heteroatoms. The van der Waals surface area contributed by atoms with Gasteiger partial charge < -0.3 is 14.7 Å². The van der Waals surface area contributed by atoms with Crippen LogP contribution in [0.15, 0.2) is 24.3 Å². The maximum atomic E-state index is 9.84. The molecule has 0 spiro atoms. The van der Waals surface area contributed by atoms with Gasteiger partial charge in [0.25, 0.3) is 0 Å². The molecule has 1 aromatic carbocycles. The van der Waals surface area contributed by atoms with Gasteiger partial charge in [0, 0.05) is 12.6 Å². The molecule has 0 saturated heterocycles. The van der Waals surface area contributed by atoms with Gasteiger partial charge in [-0.25, -0.2) is 0 Å². The molecule has 1 saturated carbocycles. The Morgan fingerprint density at radius 1 is 1.44 bits per heavy atom. The lowest BCUT2D eigenvalue weighted by molar-refractivity contribution is 0.0742. The molecule has 0 bridgehead atoms. The molecule has 1 fully saturated rings. The molecule has 2 rings (SSSR count). The van der Waals surface area contributed by atoms with Crippen molar-refractivity contribution < 1.29 is 9.84 Å². The van der Waals surface area contributed by atoms with Gasteiger partial charge in [-0.3, -0.25) is 0 Å². The molecule has 0 aliphatic heterocycles. The fourth-order valence-electron chi connectivity index (χ4n) is 1.87. The van der Waals surface area contributed by atoms with Crippen molar-refractivity contribution in [2.75, 3.05) is 20.2 Å². The number of hydrogen-bond donors (Lipinski definition) is 1. The van der Waals surface area contributed by atoms with Crippen LogP contribution >= 0.6 is 0 Å². The zero-order valence-corrected chi connectivity index (χ0v) is 10.5. The van der Waals surface area contributed by atoms with E-state index in [1.54, 1.807) is 24.3 Å². The molecule has 1 aliphatic carbocycles. The van der Waals surface area contributed by atoms with Crippen molar-refractivity contribution in [3.05, 3.63) is 29.8 Å². The third-order valence-electron chi connectivity index (χ3n) is 3.09. The molecule has 1 N–H and O–H groups in total. The molecule has 4 nitrogen and oxygen atoms in total. The number of nitrogens with zero attached hydrogens (tertiary/aromatic N) is 2. The van der Waals surface area contributed by atoms with Gasteiger partial charge in [-0.05, 0) is 44.2 Å². The van der Waals surface area contributed by atoms with E-state index in [4.69, 9.17) is 10.00 Å². The molecule has 0 radical (unpaired) electrons. The lowest BCUT2D eigenvalue weighted by Gasteiger charge is -2.20. The van der Waals surface area contributed by atoms with Gasteiger partial charge in [-0.1, -0.05) is 0 Å². The van der Waals surface area contributed by atoms with Gasteiger partial charge in [0.1, 0.15) is 18.5 Å². The highest BCUT2D eigenvalue weighted by molar-refractivity contribution is 5.34. The van der Waals surface area contributed by atoms with Gasteiger partial charge >= 0.3 is 0 Å². The van der Waals surface area contributed by atoms with E-state index in [9.17, 15) is 5.11 Å². The van der Waals surface area contributed by atoms with E-state index in [1.165, 1.54) is 12.8 Å². The Bertz CT molecular complexity index is 420. The quantitative estimate of drug-likeness (QED) is 0.824. The zero-order chi connectivity index (χ0) is 13.0. The maximum Gasteiger partial charge on any atom is 0.119 e. The summed E-state index contributed by atoms with van der Waals surface area (Å²) < 4.78 is 5.48. The Labute approximate surface area is 107 Å². The number of rotatable bonds is 6. The summed E-state index contributed by atoms with van der Waals surface area (Å²) in [6.07, 6.45) is 1.99. The van der Waals surface area contributed by atoms with Gasteiger partial charge in [-0.2, -0.15) is 5.26 Å². The molecule has 1 atom stereocenters. The first-order valence-corrected chi connectivity index (χ1v) is 6.20. The van der Waals surface area contributed by atoms with Crippen LogP contribution in [0.3, 0.4) is 0 Å². The minimum Gasteiger partial charge on any atom is -0.491 e. The minimum absolute atomic E-state index is 0.281. The zero-order valence-electron chi connectivity index (χ0n) is 10.5. The Morgan fingerprint density at radius 2 is 2.11 bits per heavy atom. The predicted molar refractivity (Wildman–Crippen MR) is 68.3 cm³/mol. The minimum atomic E-state index is -0.480. The molecule has 1 aromatic rings. The second-order valence-electron chi connectivity index (χ2n) is 4.77. The van der Waals surface area contributed by atoms with Gasteiger partial charge in [0.2, 0.25) is 0 Å². The first-order valence-electron chi connectivity index (χ1n) is 6.20. The molecular weight excluding hydrogens is 228 g/mol. The summed E-state index contributed by atoms with van der Waals surface area (Å²) >= 11 is 0.